The van der Waals surface area contributed by atoms with Crippen LogP contribution < -0.4 is 10.2 Å². The number of hydrogen-bond donors (Lipinski definition) is 1. The van der Waals surface area contributed by atoms with E-state index < -0.39 is 0 Å². The number of rotatable bonds is 5. The number of aromatic nitrogens is 1. The first-order chi connectivity index (χ1) is 9.76. The lowest BCUT2D eigenvalue weighted by atomic mass is 10.0. The minimum Gasteiger partial charge on any atom is -0.465 e. The highest BCUT2D eigenvalue weighted by Gasteiger charge is 2.21. The summed E-state index contributed by atoms with van der Waals surface area (Å²) in [5.41, 5.74) is 0.535. The second-order valence-electron chi connectivity index (χ2n) is 5.05. The second kappa shape index (κ2) is 7.24. The topological polar surface area (TPSA) is 54.5 Å². The Kier molecular flexibility index (Phi) is 5.35. The molecular weight excluding hydrogens is 254 g/mol. The number of likely N-dealkylation sites (N-methyl/N-ethyl adjacent to an activating group) is 1. The minimum atomic E-state index is -0.330. The molecule has 2 rings (SSSR count). The molecule has 1 unspecified atom stereocenters. The zero-order valence-electron chi connectivity index (χ0n) is 12.3. The number of nitrogens with one attached hydrogen (secondary N) is 1. The Morgan fingerprint density at radius 3 is 3.05 bits per heavy atom. The molecule has 1 aliphatic rings. The van der Waals surface area contributed by atoms with Crippen LogP contribution in [0.5, 0.6) is 0 Å². The van der Waals surface area contributed by atoms with Crippen LogP contribution in [0.25, 0.3) is 0 Å². The van der Waals surface area contributed by atoms with Gasteiger partial charge in [-0.1, -0.05) is 6.42 Å². The number of nitrogens with zero attached hydrogens (tertiary/aromatic N) is 2. The van der Waals surface area contributed by atoms with Crippen molar-refractivity contribution in [3.8, 4) is 0 Å². The van der Waals surface area contributed by atoms with Crippen molar-refractivity contribution in [1.82, 2.24) is 10.3 Å². The smallest absolute Gasteiger partial charge is 0.341 e. The van der Waals surface area contributed by atoms with Gasteiger partial charge < -0.3 is 15.0 Å². The summed E-state index contributed by atoms with van der Waals surface area (Å²) in [6, 6.07) is 4.00. The van der Waals surface area contributed by atoms with Crippen molar-refractivity contribution in [3.63, 3.8) is 0 Å². The Labute approximate surface area is 120 Å². The zero-order chi connectivity index (χ0) is 14.4. The number of methoxy groups -OCH3 is 1. The van der Waals surface area contributed by atoms with Gasteiger partial charge in [0, 0.05) is 25.3 Å². The first-order valence-corrected chi connectivity index (χ1v) is 7.28. The molecule has 0 amide bonds. The van der Waals surface area contributed by atoms with Gasteiger partial charge in [0.05, 0.1) is 7.11 Å². The second-order valence-corrected chi connectivity index (χ2v) is 5.05. The Morgan fingerprint density at radius 1 is 1.55 bits per heavy atom. The molecule has 1 aromatic rings. The summed E-state index contributed by atoms with van der Waals surface area (Å²) in [6.45, 7) is 4.85. The molecule has 5 heteroatoms. The van der Waals surface area contributed by atoms with Gasteiger partial charge in [0.1, 0.15) is 11.4 Å². The molecule has 0 aromatic carbocycles. The van der Waals surface area contributed by atoms with Crippen LogP contribution in [0.4, 0.5) is 5.82 Å². The molecule has 1 aromatic heterocycles. The molecule has 0 radical (unpaired) electrons. The summed E-state index contributed by atoms with van der Waals surface area (Å²) in [7, 11) is 1.40. The van der Waals surface area contributed by atoms with Crippen molar-refractivity contribution in [1.29, 1.82) is 0 Å². The molecule has 1 aliphatic heterocycles. The summed E-state index contributed by atoms with van der Waals surface area (Å²) >= 11 is 0. The van der Waals surface area contributed by atoms with Gasteiger partial charge >= 0.3 is 5.97 Å². The Bertz CT molecular complexity index is 444. The van der Waals surface area contributed by atoms with Crippen LogP contribution >= 0.6 is 0 Å². The number of ether oxygens (including phenoxy) is 1. The number of carbonyl (C=O) groups is 1. The third-order valence-corrected chi connectivity index (χ3v) is 3.73. The molecule has 1 atom stereocenters. The predicted octanol–water partition coefficient (Wildman–Crippen LogP) is 1.84. The van der Waals surface area contributed by atoms with E-state index in [1.54, 1.807) is 18.3 Å². The fourth-order valence-electron chi connectivity index (χ4n) is 2.63. The van der Waals surface area contributed by atoms with Crippen LogP contribution in [-0.4, -0.2) is 43.7 Å². The van der Waals surface area contributed by atoms with E-state index in [-0.39, 0.29) is 5.97 Å². The van der Waals surface area contributed by atoms with Gasteiger partial charge in [-0.3, -0.25) is 0 Å². The molecule has 20 heavy (non-hydrogen) atoms. The average molecular weight is 277 g/mol. The molecule has 2 heterocycles. The SMILES string of the molecule is CCN(CC1CCCCN1)c1ncccc1C(=O)OC. The summed E-state index contributed by atoms with van der Waals surface area (Å²) in [4.78, 5) is 18.4. The molecule has 110 valence electrons. The third-order valence-electron chi connectivity index (χ3n) is 3.73. The lowest BCUT2D eigenvalue weighted by Crippen LogP contribution is -2.44. The van der Waals surface area contributed by atoms with Crippen LogP contribution in [0, 0.1) is 0 Å². The highest BCUT2D eigenvalue weighted by atomic mass is 16.5. The summed E-state index contributed by atoms with van der Waals surface area (Å²) in [5, 5.41) is 3.53. The average Bonchev–Trinajstić information content (AvgIpc) is 2.53. The summed E-state index contributed by atoms with van der Waals surface area (Å²) in [5.74, 6) is 0.386. The number of esters is 1. The van der Waals surface area contributed by atoms with Gasteiger partial charge in [0.25, 0.3) is 0 Å². The molecule has 1 fully saturated rings. The Hall–Kier alpha value is -1.62. The Balaban J connectivity index is 2.16. The van der Waals surface area contributed by atoms with Crippen LogP contribution in [0.2, 0.25) is 0 Å². The maximum absolute atomic E-state index is 11.8. The van der Waals surface area contributed by atoms with Crippen LogP contribution in [0.15, 0.2) is 18.3 Å². The largest absolute Gasteiger partial charge is 0.465 e. The molecular formula is C15H23N3O2. The monoisotopic (exact) mass is 277 g/mol. The molecule has 5 nitrogen and oxygen atoms in total. The van der Waals surface area contributed by atoms with Gasteiger partial charge in [-0.15, -0.1) is 0 Å². The van der Waals surface area contributed by atoms with Crippen molar-refractivity contribution in [2.24, 2.45) is 0 Å². The maximum Gasteiger partial charge on any atom is 0.341 e. The highest BCUT2D eigenvalue weighted by molar-refractivity contribution is 5.94. The third kappa shape index (κ3) is 3.48. The zero-order valence-corrected chi connectivity index (χ0v) is 12.3. The first-order valence-electron chi connectivity index (χ1n) is 7.28. The van der Waals surface area contributed by atoms with Gasteiger partial charge in [-0.05, 0) is 38.4 Å². The van der Waals surface area contributed by atoms with Gasteiger partial charge in [-0.2, -0.15) is 0 Å². The fraction of sp³-hybridized carbons (Fsp3) is 0.600. The molecule has 0 aliphatic carbocycles. The van der Waals surface area contributed by atoms with E-state index in [1.165, 1.54) is 26.4 Å². The van der Waals surface area contributed by atoms with Crippen LogP contribution in [0.1, 0.15) is 36.5 Å². The van der Waals surface area contributed by atoms with Gasteiger partial charge in [0.15, 0.2) is 0 Å². The van der Waals surface area contributed by atoms with Crippen LogP contribution in [0.3, 0.4) is 0 Å². The van der Waals surface area contributed by atoms with E-state index in [1.807, 2.05) is 0 Å². The number of carbonyl (C=O) groups excluding carboxylic acids is 1. The van der Waals surface area contributed by atoms with E-state index in [0.29, 0.717) is 17.4 Å². The van der Waals surface area contributed by atoms with Crippen molar-refractivity contribution < 1.29 is 9.53 Å². The summed E-state index contributed by atoms with van der Waals surface area (Å²) < 4.78 is 4.84. The molecule has 0 saturated carbocycles. The normalized spacial score (nSPS) is 18.6. The van der Waals surface area contributed by atoms with E-state index in [0.717, 1.165) is 19.6 Å². The number of anilines is 1. The van der Waals surface area contributed by atoms with Crippen molar-refractivity contribution in [2.45, 2.75) is 32.2 Å². The quantitative estimate of drug-likeness (QED) is 0.832. The van der Waals surface area contributed by atoms with Crippen molar-refractivity contribution in [2.75, 3.05) is 31.6 Å². The first kappa shape index (κ1) is 14.8. The highest BCUT2D eigenvalue weighted by Crippen LogP contribution is 2.19. The van der Waals surface area contributed by atoms with E-state index >= 15 is 0 Å². The van der Waals surface area contributed by atoms with Gasteiger partial charge in [-0.25, -0.2) is 9.78 Å². The number of pyridine rings is 1. The van der Waals surface area contributed by atoms with E-state index in [9.17, 15) is 4.79 Å². The lowest BCUT2D eigenvalue weighted by molar-refractivity contribution is 0.0601. The van der Waals surface area contributed by atoms with Crippen molar-refractivity contribution >= 4 is 11.8 Å². The molecule has 1 saturated heterocycles. The standard InChI is InChI=1S/C15H23N3O2/c1-3-18(11-12-7-4-5-9-16-12)14-13(15(19)20-2)8-6-10-17-14/h6,8,10,12,16H,3-5,7,9,11H2,1-2H3. The van der Waals surface area contributed by atoms with Gasteiger partial charge in [0.2, 0.25) is 0 Å². The maximum atomic E-state index is 11.8. The fourth-order valence-corrected chi connectivity index (χ4v) is 2.63. The molecule has 0 spiro atoms. The Morgan fingerprint density at radius 2 is 2.40 bits per heavy atom. The predicted molar refractivity (Wildman–Crippen MR) is 79.1 cm³/mol. The minimum absolute atomic E-state index is 0.330. The summed E-state index contributed by atoms with van der Waals surface area (Å²) in [6.07, 6.45) is 5.41. The van der Waals surface area contributed by atoms with E-state index in [4.69, 9.17) is 4.74 Å². The van der Waals surface area contributed by atoms with E-state index in [2.05, 4.69) is 22.1 Å². The van der Waals surface area contributed by atoms with Crippen LogP contribution in [-0.2, 0) is 4.74 Å². The lowest BCUT2D eigenvalue weighted by Gasteiger charge is -2.31. The number of hydrogen-bond acceptors (Lipinski definition) is 5. The number of piperidine rings is 1. The van der Waals surface area contributed by atoms with Crippen molar-refractivity contribution in [3.05, 3.63) is 23.9 Å². The molecule has 1 N–H and O–H groups in total. The molecule has 0 bridgehead atoms.